The smallest absolute Gasteiger partial charge is 0.191 e. The topological polar surface area (TPSA) is 89.4 Å². The number of nitrogens with one attached hydrogen (secondary N) is 1. The summed E-state index contributed by atoms with van der Waals surface area (Å²) in [5.41, 5.74) is 4.99. The van der Waals surface area contributed by atoms with E-state index in [4.69, 9.17) is 0 Å². The van der Waals surface area contributed by atoms with E-state index in [1.807, 2.05) is 43.3 Å². The van der Waals surface area contributed by atoms with Crippen molar-refractivity contribution in [3.8, 4) is 22.5 Å². The molecule has 1 aromatic carbocycles. The van der Waals surface area contributed by atoms with Gasteiger partial charge in [0.1, 0.15) is 12.0 Å². The first kappa shape index (κ1) is 19.6. The Bertz CT molecular complexity index is 1400. The summed E-state index contributed by atoms with van der Waals surface area (Å²) in [5.74, 6) is -0.413. The number of halogens is 1. The number of fused-ring (bicyclic) bond motifs is 1. The average Bonchev–Trinajstić information content (AvgIpc) is 2.83. The molecule has 0 aliphatic heterocycles. The minimum atomic E-state index is -0.521. The highest BCUT2D eigenvalue weighted by Crippen LogP contribution is 2.27. The summed E-state index contributed by atoms with van der Waals surface area (Å²) >= 11 is 0. The van der Waals surface area contributed by atoms with Gasteiger partial charge in [0.25, 0.3) is 0 Å². The van der Waals surface area contributed by atoms with Gasteiger partial charge in [-0.1, -0.05) is 12.1 Å². The van der Waals surface area contributed by atoms with Crippen LogP contribution in [0.15, 0.2) is 73.6 Å². The van der Waals surface area contributed by atoms with Gasteiger partial charge in [0, 0.05) is 34.6 Å². The fourth-order valence-electron chi connectivity index (χ4n) is 3.39. The summed E-state index contributed by atoms with van der Waals surface area (Å²) in [6.45, 7) is 2.20. The maximum absolute atomic E-state index is 15.1. The molecular formula is C24H18FN7. The van der Waals surface area contributed by atoms with Gasteiger partial charge in [-0.15, -0.1) is 0 Å². The summed E-state index contributed by atoms with van der Waals surface area (Å²) in [5, 5.41) is 3.91. The zero-order chi connectivity index (χ0) is 21.9. The molecule has 5 rings (SSSR count). The molecule has 0 saturated heterocycles. The van der Waals surface area contributed by atoms with Gasteiger partial charge in [0.2, 0.25) is 0 Å². The predicted molar refractivity (Wildman–Crippen MR) is 120 cm³/mol. The molecule has 0 aliphatic carbocycles. The first-order chi connectivity index (χ1) is 15.7. The van der Waals surface area contributed by atoms with E-state index in [2.05, 4.69) is 35.2 Å². The zero-order valence-electron chi connectivity index (χ0n) is 17.2. The van der Waals surface area contributed by atoms with Crippen molar-refractivity contribution in [1.82, 2.24) is 29.9 Å². The maximum atomic E-state index is 15.1. The molecule has 0 bridgehead atoms. The highest BCUT2D eigenvalue weighted by Gasteiger charge is 2.14. The average molecular weight is 423 g/mol. The highest BCUT2D eigenvalue weighted by atomic mass is 19.1. The maximum Gasteiger partial charge on any atom is 0.191 e. The summed E-state index contributed by atoms with van der Waals surface area (Å²) in [6.07, 6.45) is 8.16. The number of pyridine rings is 2. The minimum Gasteiger partial charge on any atom is -0.362 e. The van der Waals surface area contributed by atoms with Crippen LogP contribution >= 0.6 is 0 Å². The first-order valence-corrected chi connectivity index (χ1v) is 10.0. The summed E-state index contributed by atoms with van der Waals surface area (Å²) in [7, 11) is 0. The molecule has 0 unspecified atom stereocenters. The summed E-state index contributed by atoms with van der Waals surface area (Å²) < 4.78 is 15.1. The number of hydrogen-bond acceptors (Lipinski definition) is 7. The lowest BCUT2D eigenvalue weighted by Gasteiger charge is -2.10. The molecule has 7 nitrogen and oxygen atoms in total. The largest absolute Gasteiger partial charge is 0.362 e. The number of aromatic nitrogens is 6. The molecule has 4 heterocycles. The van der Waals surface area contributed by atoms with Gasteiger partial charge in [0.15, 0.2) is 11.6 Å². The lowest BCUT2D eigenvalue weighted by Crippen LogP contribution is -2.07. The molecule has 8 heteroatoms. The van der Waals surface area contributed by atoms with Crippen molar-refractivity contribution in [1.29, 1.82) is 0 Å². The monoisotopic (exact) mass is 423 g/mol. The van der Waals surface area contributed by atoms with Gasteiger partial charge in [-0.3, -0.25) is 19.9 Å². The number of aryl methyl sites for hydroxylation is 1. The van der Waals surface area contributed by atoms with Crippen molar-refractivity contribution >= 4 is 16.7 Å². The Labute approximate surface area is 183 Å². The van der Waals surface area contributed by atoms with E-state index in [9.17, 15) is 0 Å². The predicted octanol–water partition coefficient (Wildman–Crippen LogP) is 4.60. The van der Waals surface area contributed by atoms with Crippen molar-refractivity contribution in [2.45, 2.75) is 13.5 Å². The molecular weight excluding hydrogens is 405 g/mol. The Morgan fingerprint density at radius 1 is 0.844 bits per heavy atom. The van der Waals surface area contributed by atoms with Crippen LogP contribution in [0, 0.1) is 12.7 Å². The molecule has 4 aromatic heterocycles. The van der Waals surface area contributed by atoms with Crippen LogP contribution in [0.3, 0.4) is 0 Å². The highest BCUT2D eigenvalue weighted by molar-refractivity contribution is 5.84. The van der Waals surface area contributed by atoms with Crippen molar-refractivity contribution < 1.29 is 4.39 Å². The molecule has 0 amide bonds. The van der Waals surface area contributed by atoms with E-state index in [1.165, 1.54) is 6.33 Å². The molecule has 156 valence electrons. The Kier molecular flexibility index (Phi) is 5.17. The van der Waals surface area contributed by atoms with E-state index in [1.54, 1.807) is 30.9 Å². The molecule has 0 saturated carbocycles. The van der Waals surface area contributed by atoms with Crippen LogP contribution in [-0.2, 0) is 6.54 Å². The Morgan fingerprint density at radius 2 is 1.78 bits per heavy atom. The van der Waals surface area contributed by atoms with E-state index < -0.39 is 5.82 Å². The number of hydrogen-bond donors (Lipinski definition) is 1. The lowest BCUT2D eigenvalue weighted by molar-refractivity contribution is 0.621. The number of anilines is 1. The van der Waals surface area contributed by atoms with Crippen LogP contribution in [0.2, 0.25) is 0 Å². The molecule has 0 spiro atoms. The third kappa shape index (κ3) is 3.98. The van der Waals surface area contributed by atoms with Crippen LogP contribution in [-0.4, -0.2) is 29.9 Å². The second kappa shape index (κ2) is 8.43. The van der Waals surface area contributed by atoms with E-state index in [-0.39, 0.29) is 18.1 Å². The van der Waals surface area contributed by atoms with Gasteiger partial charge in [-0.05, 0) is 37.3 Å². The second-order valence-corrected chi connectivity index (χ2v) is 7.23. The van der Waals surface area contributed by atoms with Gasteiger partial charge >= 0.3 is 0 Å². The fourth-order valence-corrected chi connectivity index (χ4v) is 3.39. The van der Waals surface area contributed by atoms with Gasteiger partial charge < -0.3 is 5.32 Å². The van der Waals surface area contributed by atoms with Crippen LogP contribution in [0.1, 0.15) is 11.4 Å². The Balaban J connectivity index is 1.35. The molecule has 0 fully saturated rings. The van der Waals surface area contributed by atoms with Crippen molar-refractivity contribution in [2.75, 3.05) is 5.32 Å². The molecule has 32 heavy (non-hydrogen) atoms. The quantitative estimate of drug-likeness (QED) is 0.442. The van der Waals surface area contributed by atoms with Crippen molar-refractivity contribution in [3.05, 3.63) is 90.8 Å². The van der Waals surface area contributed by atoms with E-state index in [0.29, 0.717) is 11.3 Å². The standard InChI is InChI=1S/C24H18FN7/c1-15-9-17(6-8-26-15)21-13-28-19(11-29-21)12-30-24-22(25)23(31-14-32-24)18-4-5-20-16(10-18)3-2-7-27-20/h2-11,13-14H,12H2,1H3,(H,30,31,32). The normalized spacial score (nSPS) is 10.9. The van der Waals surface area contributed by atoms with Crippen LogP contribution in [0.25, 0.3) is 33.4 Å². The van der Waals surface area contributed by atoms with Crippen molar-refractivity contribution in [3.63, 3.8) is 0 Å². The van der Waals surface area contributed by atoms with Gasteiger partial charge in [-0.25, -0.2) is 14.4 Å². The zero-order valence-corrected chi connectivity index (χ0v) is 17.2. The Hall–Kier alpha value is -4.33. The molecule has 1 N–H and O–H groups in total. The van der Waals surface area contributed by atoms with Gasteiger partial charge in [0.05, 0.1) is 35.8 Å². The minimum absolute atomic E-state index is 0.108. The van der Waals surface area contributed by atoms with Crippen molar-refractivity contribution in [2.24, 2.45) is 0 Å². The van der Waals surface area contributed by atoms with Crippen LogP contribution in [0.5, 0.6) is 0 Å². The first-order valence-electron chi connectivity index (χ1n) is 10.0. The van der Waals surface area contributed by atoms with Crippen LogP contribution in [0.4, 0.5) is 10.2 Å². The third-order valence-electron chi connectivity index (χ3n) is 5.00. The van der Waals surface area contributed by atoms with E-state index in [0.717, 1.165) is 27.9 Å². The number of rotatable bonds is 5. The lowest BCUT2D eigenvalue weighted by atomic mass is 10.1. The number of benzene rings is 1. The Morgan fingerprint density at radius 3 is 2.62 bits per heavy atom. The number of nitrogens with zero attached hydrogens (tertiary/aromatic N) is 6. The fraction of sp³-hybridized carbons (Fsp3) is 0.0833. The summed E-state index contributed by atoms with van der Waals surface area (Å²) in [6, 6.07) is 13.1. The molecule has 0 radical (unpaired) electrons. The second-order valence-electron chi connectivity index (χ2n) is 7.23. The molecule has 5 aromatic rings. The van der Waals surface area contributed by atoms with E-state index >= 15 is 4.39 Å². The summed E-state index contributed by atoms with van der Waals surface area (Å²) in [4.78, 5) is 25.6. The van der Waals surface area contributed by atoms with Gasteiger partial charge in [-0.2, -0.15) is 0 Å². The SMILES string of the molecule is Cc1cc(-c2cnc(CNc3ncnc(-c4ccc5ncccc5c4)c3F)cn2)ccn1. The van der Waals surface area contributed by atoms with Crippen LogP contribution < -0.4 is 5.32 Å². The molecule has 0 atom stereocenters. The molecule has 0 aliphatic rings. The third-order valence-corrected chi connectivity index (χ3v) is 5.00.